The fourth-order valence-electron chi connectivity index (χ4n) is 1.12. The van der Waals surface area contributed by atoms with E-state index >= 15 is 0 Å². The van der Waals surface area contributed by atoms with Gasteiger partial charge in [-0.25, -0.2) is 8.78 Å². The predicted octanol–water partition coefficient (Wildman–Crippen LogP) is 3.35. The maximum absolute atomic E-state index is 13.1. The molecular formula is C11H12BrF2N. The standard InChI is InChI=1S/C11H12BrF2N/c1-15-5-3-2-4-8-6-9(13)11(12)10(14)7-8/h2,4,6-7,15H,3,5H2,1H3. The van der Waals surface area contributed by atoms with E-state index in [1.165, 1.54) is 12.1 Å². The summed E-state index contributed by atoms with van der Waals surface area (Å²) in [6, 6.07) is 2.59. The van der Waals surface area contributed by atoms with Gasteiger partial charge in [0.2, 0.25) is 0 Å². The van der Waals surface area contributed by atoms with E-state index < -0.39 is 11.6 Å². The first-order valence-electron chi connectivity index (χ1n) is 4.61. The van der Waals surface area contributed by atoms with Crippen molar-refractivity contribution in [2.45, 2.75) is 6.42 Å². The second-order valence-corrected chi connectivity index (χ2v) is 3.89. The zero-order valence-electron chi connectivity index (χ0n) is 8.36. The molecule has 4 heteroatoms. The maximum Gasteiger partial charge on any atom is 0.140 e. The molecule has 1 rings (SSSR count). The van der Waals surface area contributed by atoms with E-state index in [1.54, 1.807) is 6.08 Å². The first kappa shape index (κ1) is 12.3. The molecule has 1 nitrogen and oxygen atoms in total. The first-order valence-corrected chi connectivity index (χ1v) is 5.40. The third kappa shape index (κ3) is 3.72. The van der Waals surface area contributed by atoms with Gasteiger partial charge in [-0.15, -0.1) is 0 Å². The highest BCUT2D eigenvalue weighted by Gasteiger charge is 2.06. The molecule has 82 valence electrons. The molecule has 15 heavy (non-hydrogen) atoms. The molecule has 1 N–H and O–H groups in total. The minimum absolute atomic E-state index is 0.116. The highest BCUT2D eigenvalue weighted by Crippen LogP contribution is 2.21. The van der Waals surface area contributed by atoms with E-state index in [-0.39, 0.29) is 4.47 Å². The molecule has 0 atom stereocenters. The van der Waals surface area contributed by atoms with E-state index in [4.69, 9.17) is 0 Å². The van der Waals surface area contributed by atoms with Crippen LogP contribution in [-0.4, -0.2) is 13.6 Å². The smallest absolute Gasteiger partial charge is 0.140 e. The summed E-state index contributed by atoms with van der Waals surface area (Å²) < 4.78 is 26.0. The molecule has 0 spiro atoms. The number of benzene rings is 1. The van der Waals surface area contributed by atoms with E-state index in [0.29, 0.717) is 5.56 Å². The molecule has 0 aliphatic rings. The molecule has 0 aliphatic heterocycles. The van der Waals surface area contributed by atoms with Crippen LogP contribution in [0.5, 0.6) is 0 Å². The van der Waals surface area contributed by atoms with E-state index in [9.17, 15) is 8.78 Å². The average Bonchev–Trinajstić information content (AvgIpc) is 2.21. The molecule has 0 saturated carbocycles. The van der Waals surface area contributed by atoms with Crippen LogP contribution >= 0.6 is 15.9 Å². The Kier molecular flexibility index (Phi) is 4.91. The van der Waals surface area contributed by atoms with Gasteiger partial charge < -0.3 is 5.32 Å². The van der Waals surface area contributed by atoms with Crippen LogP contribution in [0.25, 0.3) is 6.08 Å². The van der Waals surface area contributed by atoms with E-state index in [1.807, 2.05) is 13.1 Å². The van der Waals surface area contributed by atoms with Crippen molar-refractivity contribution in [3.05, 3.63) is 39.9 Å². The van der Waals surface area contributed by atoms with Crippen molar-refractivity contribution < 1.29 is 8.78 Å². The Bertz CT molecular complexity index is 341. The Morgan fingerprint density at radius 2 is 1.93 bits per heavy atom. The summed E-state index contributed by atoms with van der Waals surface area (Å²) in [5.41, 5.74) is 0.532. The van der Waals surface area contributed by atoms with Crippen LogP contribution in [0.3, 0.4) is 0 Å². The van der Waals surface area contributed by atoms with Crippen LogP contribution in [0.1, 0.15) is 12.0 Å². The number of nitrogens with one attached hydrogen (secondary N) is 1. The van der Waals surface area contributed by atoms with Gasteiger partial charge in [-0.05, 0) is 53.6 Å². The summed E-state index contributed by atoms with van der Waals surface area (Å²) in [6.45, 7) is 0.845. The molecule has 0 radical (unpaired) electrons. The van der Waals surface area contributed by atoms with Crippen LogP contribution in [0.15, 0.2) is 22.7 Å². The van der Waals surface area contributed by atoms with Gasteiger partial charge >= 0.3 is 0 Å². The van der Waals surface area contributed by atoms with Crippen molar-refractivity contribution in [1.82, 2.24) is 5.32 Å². The molecule has 1 aromatic rings. The summed E-state index contributed by atoms with van der Waals surface area (Å²) in [6.07, 6.45) is 4.41. The van der Waals surface area contributed by atoms with Crippen molar-refractivity contribution >= 4 is 22.0 Å². The molecule has 0 heterocycles. The quantitative estimate of drug-likeness (QED) is 0.657. The normalized spacial score (nSPS) is 11.2. The topological polar surface area (TPSA) is 12.0 Å². The molecule has 0 aromatic heterocycles. The van der Waals surface area contributed by atoms with Gasteiger partial charge in [-0.3, -0.25) is 0 Å². The van der Waals surface area contributed by atoms with Gasteiger partial charge in [-0.2, -0.15) is 0 Å². The Hall–Kier alpha value is -0.740. The van der Waals surface area contributed by atoms with E-state index in [0.717, 1.165) is 13.0 Å². The van der Waals surface area contributed by atoms with Gasteiger partial charge in [0.25, 0.3) is 0 Å². The summed E-state index contributed by atoms with van der Waals surface area (Å²) >= 11 is 2.82. The molecule has 0 saturated heterocycles. The SMILES string of the molecule is CNCCC=Cc1cc(F)c(Br)c(F)c1. The van der Waals surface area contributed by atoms with Gasteiger partial charge in [0.05, 0.1) is 4.47 Å². The van der Waals surface area contributed by atoms with Crippen LogP contribution in [0.4, 0.5) is 8.78 Å². The Balaban J connectivity index is 2.74. The average molecular weight is 276 g/mol. The van der Waals surface area contributed by atoms with Crippen LogP contribution in [0, 0.1) is 11.6 Å². The highest BCUT2D eigenvalue weighted by molar-refractivity contribution is 9.10. The van der Waals surface area contributed by atoms with Gasteiger partial charge in [0.1, 0.15) is 11.6 Å². The van der Waals surface area contributed by atoms with Crippen molar-refractivity contribution in [3.63, 3.8) is 0 Å². The second-order valence-electron chi connectivity index (χ2n) is 3.09. The summed E-state index contributed by atoms with van der Waals surface area (Å²) in [7, 11) is 1.85. The molecular weight excluding hydrogens is 264 g/mol. The van der Waals surface area contributed by atoms with Crippen molar-refractivity contribution in [2.24, 2.45) is 0 Å². The second kappa shape index (κ2) is 5.98. The van der Waals surface area contributed by atoms with Gasteiger partial charge in [-0.1, -0.05) is 12.2 Å². The lowest BCUT2D eigenvalue weighted by atomic mass is 10.2. The summed E-state index contributed by atoms with van der Waals surface area (Å²) in [5.74, 6) is -1.16. The van der Waals surface area contributed by atoms with Gasteiger partial charge in [0.15, 0.2) is 0 Å². The lowest BCUT2D eigenvalue weighted by Gasteiger charge is -1.99. The minimum Gasteiger partial charge on any atom is -0.319 e. The molecule has 0 amide bonds. The molecule has 0 unspecified atom stereocenters. The number of rotatable bonds is 4. The Morgan fingerprint density at radius 3 is 2.47 bits per heavy atom. The minimum atomic E-state index is -0.580. The van der Waals surface area contributed by atoms with Crippen LogP contribution in [0.2, 0.25) is 0 Å². The number of hydrogen-bond donors (Lipinski definition) is 1. The van der Waals surface area contributed by atoms with Crippen molar-refractivity contribution in [3.8, 4) is 0 Å². The zero-order valence-corrected chi connectivity index (χ0v) is 9.94. The Morgan fingerprint density at radius 1 is 1.33 bits per heavy atom. The molecule has 0 bridgehead atoms. The predicted molar refractivity (Wildman–Crippen MR) is 61.6 cm³/mol. The highest BCUT2D eigenvalue weighted by atomic mass is 79.9. The molecule has 1 aromatic carbocycles. The van der Waals surface area contributed by atoms with Crippen molar-refractivity contribution in [2.75, 3.05) is 13.6 Å². The van der Waals surface area contributed by atoms with Crippen LogP contribution in [-0.2, 0) is 0 Å². The Labute approximate surface area is 96.3 Å². The first-order chi connectivity index (χ1) is 7.15. The van der Waals surface area contributed by atoms with Crippen LogP contribution < -0.4 is 5.32 Å². The maximum atomic E-state index is 13.1. The lowest BCUT2D eigenvalue weighted by molar-refractivity contribution is 0.571. The number of hydrogen-bond acceptors (Lipinski definition) is 1. The third-order valence-electron chi connectivity index (χ3n) is 1.88. The third-order valence-corrected chi connectivity index (χ3v) is 2.64. The fourth-order valence-corrected chi connectivity index (χ4v) is 1.35. The monoisotopic (exact) mass is 275 g/mol. The zero-order chi connectivity index (χ0) is 11.3. The molecule has 0 aliphatic carbocycles. The summed E-state index contributed by atoms with van der Waals surface area (Å²) in [4.78, 5) is 0. The summed E-state index contributed by atoms with van der Waals surface area (Å²) in [5, 5.41) is 2.98. The largest absolute Gasteiger partial charge is 0.319 e. The van der Waals surface area contributed by atoms with E-state index in [2.05, 4.69) is 21.2 Å². The molecule has 0 fully saturated rings. The number of halogens is 3. The lowest BCUT2D eigenvalue weighted by Crippen LogP contribution is -2.05. The fraction of sp³-hybridized carbons (Fsp3) is 0.273. The van der Waals surface area contributed by atoms with Gasteiger partial charge in [0, 0.05) is 0 Å². The van der Waals surface area contributed by atoms with Crippen molar-refractivity contribution in [1.29, 1.82) is 0 Å².